The lowest BCUT2D eigenvalue weighted by Gasteiger charge is -2.37. The van der Waals surface area contributed by atoms with E-state index in [0.29, 0.717) is 26.3 Å². The summed E-state index contributed by atoms with van der Waals surface area (Å²) >= 11 is 0. The lowest BCUT2D eigenvalue weighted by Crippen LogP contribution is -2.47. The van der Waals surface area contributed by atoms with Crippen LogP contribution in [0.4, 0.5) is 5.69 Å². The number of carbonyl (C=O) groups is 1. The number of hydrogen-bond acceptors (Lipinski definition) is 4. The van der Waals surface area contributed by atoms with Crippen LogP contribution in [0.3, 0.4) is 0 Å². The Hall–Kier alpha value is -1.59. The standard InChI is InChI=1S/C18H24N2O3/c21-17(20-11-7-18(8-12-20)22-13-14-23-18)15-3-5-16(6-4-15)19-9-1-2-10-19/h3-6H,1-2,7-14H2. The van der Waals surface area contributed by atoms with E-state index in [-0.39, 0.29) is 5.91 Å². The Labute approximate surface area is 137 Å². The second-order valence-corrected chi connectivity index (χ2v) is 6.64. The predicted octanol–water partition coefficient (Wildman–Crippen LogP) is 2.27. The van der Waals surface area contributed by atoms with Gasteiger partial charge in [0.2, 0.25) is 0 Å². The van der Waals surface area contributed by atoms with Gasteiger partial charge < -0.3 is 19.3 Å². The normalized spacial score (nSPS) is 23.7. The van der Waals surface area contributed by atoms with Gasteiger partial charge in [0.05, 0.1) is 13.2 Å². The number of nitrogens with zero attached hydrogens (tertiary/aromatic N) is 2. The molecule has 23 heavy (non-hydrogen) atoms. The summed E-state index contributed by atoms with van der Waals surface area (Å²) in [6.07, 6.45) is 4.07. The number of piperidine rings is 1. The topological polar surface area (TPSA) is 42.0 Å². The zero-order chi connectivity index (χ0) is 15.7. The third kappa shape index (κ3) is 2.95. The molecule has 3 fully saturated rings. The lowest BCUT2D eigenvalue weighted by molar-refractivity contribution is -0.181. The molecule has 3 aliphatic heterocycles. The van der Waals surface area contributed by atoms with Crippen molar-refractivity contribution in [2.24, 2.45) is 0 Å². The summed E-state index contributed by atoms with van der Waals surface area (Å²) in [5.41, 5.74) is 2.00. The average molecular weight is 316 g/mol. The SMILES string of the molecule is O=C(c1ccc(N2CCCC2)cc1)N1CCC2(CC1)OCCO2. The van der Waals surface area contributed by atoms with Gasteiger partial charge in [-0.1, -0.05) is 0 Å². The van der Waals surface area contributed by atoms with Crippen LogP contribution in [-0.4, -0.2) is 56.0 Å². The Morgan fingerprint density at radius 1 is 0.913 bits per heavy atom. The quantitative estimate of drug-likeness (QED) is 0.839. The minimum atomic E-state index is -0.420. The fourth-order valence-corrected chi connectivity index (χ4v) is 3.81. The van der Waals surface area contributed by atoms with Crippen molar-refractivity contribution in [1.29, 1.82) is 0 Å². The van der Waals surface area contributed by atoms with Crippen LogP contribution < -0.4 is 4.90 Å². The molecule has 1 spiro atoms. The lowest BCUT2D eigenvalue weighted by atomic mass is 10.0. The summed E-state index contributed by atoms with van der Waals surface area (Å²) in [6.45, 7) is 5.00. The van der Waals surface area contributed by atoms with Gasteiger partial charge in [-0.25, -0.2) is 0 Å². The molecule has 3 saturated heterocycles. The number of amides is 1. The number of rotatable bonds is 2. The fourth-order valence-electron chi connectivity index (χ4n) is 3.81. The van der Waals surface area contributed by atoms with Crippen molar-refractivity contribution in [1.82, 2.24) is 4.90 Å². The molecule has 0 radical (unpaired) electrons. The first kappa shape index (κ1) is 15.0. The van der Waals surface area contributed by atoms with Gasteiger partial charge in [-0.3, -0.25) is 4.79 Å². The molecule has 0 saturated carbocycles. The summed E-state index contributed by atoms with van der Waals surface area (Å²) in [5.74, 6) is -0.304. The van der Waals surface area contributed by atoms with Crippen molar-refractivity contribution in [2.45, 2.75) is 31.5 Å². The van der Waals surface area contributed by atoms with E-state index in [1.54, 1.807) is 0 Å². The number of hydrogen-bond donors (Lipinski definition) is 0. The highest BCUT2D eigenvalue weighted by Gasteiger charge is 2.40. The first-order valence-electron chi connectivity index (χ1n) is 8.68. The highest BCUT2D eigenvalue weighted by atomic mass is 16.7. The van der Waals surface area contributed by atoms with Crippen molar-refractivity contribution >= 4 is 11.6 Å². The summed E-state index contributed by atoms with van der Waals surface area (Å²) in [6, 6.07) is 8.08. The zero-order valence-corrected chi connectivity index (χ0v) is 13.5. The summed E-state index contributed by atoms with van der Waals surface area (Å²) < 4.78 is 11.4. The largest absolute Gasteiger partial charge is 0.372 e. The molecule has 124 valence electrons. The minimum Gasteiger partial charge on any atom is -0.372 e. The molecule has 0 N–H and O–H groups in total. The van der Waals surface area contributed by atoms with E-state index in [1.807, 2.05) is 17.0 Å². The maximum Gasteiger partial charge on any atom is 0.253 e. The van der Waals surface area contributed by atoms with Gasteiger partial charge in [-0.2, -0.15) is 0 Å². The van der Waals surface area contributed by atoms with Crippen molar-refractivity contribution in [2.75, 3.05) is 44.3 Å². The summed E-state index contributed by atoms with van der Waals surface area (Å²) in [5, 5.41) is 0. The number of likely N-dealkylation sites (tertiary alicyclic amines) is 1. The van der Waals surface area contributed by atoms with Crippen molar-refractivity contribution in [3.05, 3.63) is 29.8 Å². The molecule has 1 aromatic carbocycles. The number of anilines is 1. The van der Waals surface area contributed by atoms with E-state index >= 15 is 0 Å². The van der Waals surface area contributed by atoms with E-state index in [4.69, 9.17) is 9.47 Å². The summed E-state index contributed by atoms with van der Waals surface area (Å²) in [7, 11) is 0. The molecule has 0 bridgehead atoms. The molecular formula is C18H24N2O3. The Kier molecular flexibility index (Phi) is 3.99. The van der Waals surface area contributed by atoms with Gasteiger partial charge in [0.25, 0.3) is 5.91 Å². The summed E-state index contributed by atoms with van der Waals surface area (Å²) in [4.78, 5) is 17.0. The van der Waals surface area contributed by atoms with Gasteiger partial charge >= 0.3 is 0 Å². The molecule has 0 aromatic heterocycles. The van der Waals surface area contributed by atoms with Crippen LogP contribution in [0, 0.1) is 0 Å². The van der Waals surface area contributed by atoms with Gasteiger partial charge in [0.15, 0.2) is 5.79 Å². The highest BCUT2D eigenvalue weighted by molar-refractivity contribution is 5.94. The first-order valence-corrected chi connectivity index (χ1v) is 8.68. The van der Waals surface area contributed by atoms with E-state index in [2.05, 4.69) is 17.0 Å². The van der Waals surface area contributed by atoms with E-state index < -0.39 is 5.79 Å². The molecule has 5 heteroatoms. The van der Waals surface area contributed by atoms with Crippen LogP contribution in [0.1, 0.15) is 36.0 Å². The third-order valence-electron chi connectivity index (χ3n) is 5.21. The first-order chi connectivity index (χ1) is 11.3. The molecule has 1 aromatic rings. The molecule has 0 unspecified atom stereocenters. The number of carbonyl (C=O) groups excluding carboxylic acids is 1. The van der Waals surface area contributed by atoms with Crippen molar-refractivity contribution < 1.29 is 14.3 Å². The van der Waals surface area contributed by atoms with Crippen LogP contribution in [-0.2, 0) is 9.47 Å². The van der Waals surface area contributed by atoms with E-state index in [0.717, 1.165) is 31.5 Å². The van der Waals surface area contributed by atoms with E-state index in [1.165, 1.54) is 18.5 Å². The smallest absolute Gasteiger partial charge is 0.253 e. The highest BCUT2D eigenvalue weighted by Crippen LogP contribution is 2.32. The average Bonchev–Trinajstić information content (AvgIpc) is 3.28. The molecule has 3 heterocycles. The Morgan fingerprint density at radius 3 is 2.13 bits per heavy atom. The van der Waals surface area contributed by atoms with Gasteiger partial charge in [0.1, 0.15) is 0 Å². The molecule has 0 atom stereocenters. The van der Waals surface area contributed by atoms with Gasteiger partial charge in [-0.15, -0.1) is 0 Å². The molecule has 3 aliphatic rings. The number of benzene rings is 1. The minimum absolute atomic E-state index is 0.116. The second-order valence-electron chi connectivity index (χ2n) is 6.64. The second kappa shape index (κ2) is 6.13. The van der Waals surface area contributed by atoms with Crippen molar-refractivity contribution in [3.8, 4) is 0 Å². The third-order valence-corrected chi connectivity index (χ3v) is 5.21. The predicted molar refractivity (Wildman–Crippen MR) is 87.7 cm³/mol. The molecular weight excluding hydrogens is 292 g/mol. The maximum atomic E-state index is 12.7. The van der Waals surface area contributed by atoms with Crippen LogP contribution in [0.2, 0.25) is 0 Å². The van der Waals surface area contributed by atoms with E-state index in [9.17, 15) is 4.79 Å². The molecule has 0 aliphatic carbocycles. The number of ether oxygens (including phenoxy) is 2. The zero-order valence-electron chi connectivity index (χ0n) is 13.5. The van der Waals surface area contributed by atoms with Crippen molar-refractivity contribution in [3.63, 3.8) is 0 Å². The van der Waals surface area contributed by atoms with Gasteiger partial charge in [0, 0.05) is 50.3 Å². The Bertz CT molecular complexity index is 550. The van der Waals surface area contributed by atoms with Gasteiger partial charge in [-0.05, 0) is 37.1 Å². The molecule has 1 amide bonds. The monoisotopic (exact) mass is 316 g/mol. The molecule has 5 nitrogen and oxygen atoms in total. The van der Waals surface area contributed by atoms with Crippen LogP contribution in [0.25, 0.3) is 0 Å². The van der Waals surface area contributed by atoms with Crippen LogP contribution in [0.15, 0.2) is 24.3 Å². The maximum absolute atomic E-state index is 12.7. The fraction of sp³-hybridized carbons (Fsp3) is 0.611. The Balaban J connectivity index is 1.39. The Morgan fingerprint density at radius 2 is 1.52 bits per heavy atom. The molecule has 4 rings (SSSR count). The van der Waals surface area contributed by atoms with Crippen LogP contribution in [0.5, 0.6) is 0 Å². The van der Waals surface area contributed by atoms with Crippen LogP contribution >= 0.6 is 0 Å².